The Morgan fingerprint density at radius 3 is 2.52 bits per heavy atom. The van der Waals surface area contributed by atoms with Gasteiger partial charge in [-0.25, -0.2) is 9.97 Å². The van der Waals surface area contributed by atoms with Gasteiger partial charge in [0.1, 0.15) is 18.0 Å². The maximum absolute atomic E-state index is 9.83. The topological polar surface area (TPSA) is 79.3 Å². The third-order valence-corrected chi connectivity index (χ3v) is 3.94. The van der Waals surface area contributed by atoms with E-state index in [1.165, 1.54) is 0 Å². The lowest BCUT2D eigenvalue weighted by Crippen LogP contribution is -2.47. The molecule has 0 bridgehead atoms. The summed E-state index contributed by atoms with van der Waals surface area (Å²) in [7, 11) is 0. The molecule has 1 aromatic heterocycles. The number of nitrogens with one attached hydrogen (secondary N) is 2. The van der Waals surface area contributed by atoms with E-state index in [1.54, 1.807) is 6.33 Å². The third kappa shape index (κ3) is 3.63. The van der Waals surface area contributed by atoms with Crippen molar-refractivity contribution in [1.82, 2.24) is 9.97 Å². The normalized spacial score (nSPS) is 17.8. The Hall–Kier alpha value is -1.40. The van der Waals surface area contributed by atoms with Crippen LogP contribution >= 0.6 is 0 Å². The van der Waals surface area contributed by atoms with E-state index in [2.05, 4.69) is 34.4 Å². The van der Waals surface area contributed by atoms with Crippen LogP contribution in [0.1, 0.15) is 45.1 Å². The predicted octanol–water partition coefficient (Wildman–Crippen LogP) is 1.99. The average molecular weight is 294 g/mol. The fraction of sp³-hybridized carbons (Fsp3) is 0.733. The Kier molecular flexibility index (Phi) is 5.36. The van der Waals surface area contributed by atoms with E-state index in [0.29, 0.717) is 19.1 Å². The lowest BCUT2D eigenvalue weighted by Gasteiger charge is -2.37. The first-order valence-corrected chi connectivity index (χ1v) is 7.67. The van der Waals surface area contributed by atoms with Crippen molar-refractivity contribution in [1.29, 1.82) is 0 Å². The number of anilines is 2. The van der Waals surface area contributed by atoms with Gasteiger partial charge in [-0.1, -0.05) is 13.8 Å². The monoisotopic (exact) mass is 294 g/mol. The smallest absolute Gasteiger partial charge is 0.135 e. The van der Waals surface area contributed by atoms with E-state index in [4.69, 9.17) is 4.74 Å². The molecule has 118 valence electrons. The average Bonchev–Trinajstić information content (AvgIpc) is 2.48. The molecule has 1 fully saturated rings. The summed E-state index contributed by atoms with van der Waals surface area (Å²) in [5, 5.41) is 16.6. The minimum Gasteiger partial charge on any atom is -0.394 e. The van der Waals surface area contributed by atoms with Crippen LogP contribution in [-0.4, -0.2) is 47.0 Å². The molecule has 0 radical (unpaired) electrons. The number of hydrogen-bond acceptors (Lipinski definition) is 6. The molecule has 0 spiro atoms. The SMILES string of the molecule is CCNc1ncnc(NC2(CO)CCOCC2)c1C(C)C. The van der Waals surface area contributed by atoms with E-state index in [9.17, 15) is 5.11 Å². The summed E-state index contributed by atoms with van der Waals surface area (Å²) in [6.45, 7) is 8.52. The summed E-state index contributed by atoms with van der Waals surface area (Å²) < 4.78 is 5.41. The highest BCUT2D eigenvalue weighted by Crippen LogP contribution is 2.32. The van der Waals surface area contributed by atoms with Gasteiger partial charge in [-0.3, -0.25) is 0 Å². The van der Waals surface area contributed by atoms with Crippen molar-refractivity contribution in [3.63, 3.8) is 0 Å². The second-order valence-electron chi connectivity index (χ2n) is 5.85. The predicted molar refractivity (Wildman–Crippen MR) is 83.8 cm³/mol. The first-order chi connectivity index (χ1) is 10.1. The van der Waals surface area contributed by atoms with Gasteiger partial charge in [-0.05, 0) is 25.7 Å². The van der Waals surface area contributed by atoms with Crippen LogP contribution in [0.2, 0.25) is 0 Å². The van der Waals surface area contributed by atoms with Crippen LogP contribution in [0.4, 0.5) is 11.6 Å². The molecule has 0 aliphatic carbocycles. The molecular formula is C15H26N4O2. The van der Waals surface area contributed by atoms with E-state index in [1.807, 2.05) is 6.92 Å². The lowest BCUT2D eigenvalue weighted by molar-refractivity contribution is 0.0378. The van der Waals surface area contributed by atoms with Crippen molar-refractivity contribution >= 4 is 11.6 Å². The van der Waals surface area contributed by atoms with E-state index >= 15 is 0 Å². The number of hydrogen-bond donors (Lipinski definition) is 3. The van der Waals surface area contributed by atoms with Crippen molar-refractivity contribution in [2.45, 2.75) is 45.1 Å². The third-order valence-electron chi connectivity index (χ3n) is 3.94. The maximum atomic E-state index is 9.83. The molecule has 2 heterocycles. The Morgan fingerprint density at radius 2 is 1.95 bits per heavy atom. The summed E-state index contributed by atoms with van der Waals surface area (Å²) in [5.41, 5.74) is 0.721. The molecule has 1 aliphatic rings. The quantitative estimate of drug-likeness (QED) is 0.744. The zero-order valence-electron chi connectivity index (χ0n) is 13.1. The van der Waals surface area contributed by atoms with Crippen molar-refractivity contribution in [2.24, 2.45) is 0 Å². The van der Waals surface area contributed by atoms with Crippen molar-refractivity contribution in [3.05, 3.63) is 11.9 Å². The Balaban J connectivity index is 2.31. The van der Waals surface area contributed by atoms with Gasteiger partial charge in [0.15, 0.2) is 0 Å². The highest BCUT2D eigenvalue weighted by Gasteiger charge is 2.33. The van der Waals surface area contributed by atoms with Crippen LogP contribution in [0.3, 0.4) is 0 Å². The van der Waals surface area contributed by atoms with Gasteiger partial charge in [0, 0.05) is 25.3 Å². The summed E-state index contributed by atoms with van der Waals surface area (Å²) >= 11 is 0. The van der Waals surface area contributed by atoms with Gasteiger partial charge in [0.25, 0.3) is 0 Å². The van der Waals surface area contributed by atoms with Gasteiger partial charge in [0.2, 0.25) is 0 Å². The van der Waals surface area contributed by atoms with Crippen LogP contribution in [0.5, 0.6) is 0 Å². The lowest BCUT2D eigenvalue weighted by atomic mass is 9.90. The van der Waals surface area contributed by atoms with Crippen LogP contribution < -0.4 is 10.6 Å². The second kappa shape index (κ2) is 7.04. The molecule has 0 unspecified atom stereocenters. The summed E-state index contributed by atoms with van der Waals surface area (Å²) in [5.74, 6) is 1.97. The molecule has 6 nitrogen and oxygen atoms in total. The van der Waals surface area contributed by atoms with Crippen LogP contribution in [0, 0.1) is 0 Å². The van der Waals surface area contributed by atoms with Crippen LogP contribution in [-0.2, 0) is 4.74 Å². The number of aromatic nitrogens is 2. The summed E-state index contributed by atoms with van der Waals surface area (Å²) in [4.78, 5) is 8.76. The molecule has 0 aromatic carbocycles. The molecule has 21 heavy (non-hydrogen) atoms. The molecule has 0 atom stereocenters. The molecule has 0 amide bonds. The standard InChI is InChI=1S/C15H26N4O2/c1-4-16-13-12(11(2)3)14(18-10-17-13)19-15(9-20)5-7-21-8-6-15/h10-11,20H,4-9H2,1-3H3,(H2,16,17,18,19). The molecule has 2 rings (SSSR count). The summed E-state index contributed by atoms with van der Waals surface area (Å²) in [6, 6.07) is 0. The minimum atomic E-state index is -0.347. The van der Waals surface area contributed by atoms with E-state index < -0.39 is 0 Å². The molecule has 0 saturated carbocycles. The number of ether oxygens (including phenoxy) is 1. The molecular weight excluding hydrogens is 268 g/mol. The van der Waals surface area contributed by atoms with Gasteiger partial charge in [-0.15, -0.1) is 0 Å². The van der Waals surface area contributed by atoms with Crippen LogP contribution in [0.15, 0.2) is 6.33 Å². The largest absolute Gasteiger partial charge is 0.394 e. The Labute approximate surface area is 126 Å². The van der Waals surface area contributed by atoms with Gasteiger partial charge in [0.05, 0.1) is 12.1 Å². The van der Waals surface area contributed by atoms with Gasteiger partial charge in [-0.2, -0.15) is 0 Å². The Morgan fingerprint density at radius 1 is 1.29 bits per heavy atom. The summed E-state index contributed by atoms with van der Waals surface area (Å²) in [6.07, 6.45) is 3.12. The zero-order chi connectivity index (χ0) is 15.3. The first kappa shape index (κ1) is 16.0. The fourth-order valence-electron chi connectivity index (χ4n) is 2.69. The van der Waals surface area contributed by atoms with Crippen molar-refractivity contribution < 1.29 is 9.84 Å². The first-order valence-electron chi connectivity index (χ1n) is 7.67. The molecule has 1 aliphatic heterocycles. The number of aliphatic hydroxyl groups is 1. The Bertz CT molecular complexity index is 459. The van der Waals surface area contributed by atoms with E-state index in [-0.39, 0.29) is 12.1 Å². The van der Waals surface area contributed by atoms with E-state index in [0.717, 1.165) is 36.6 Å². The molecule has 1 aromatic rings. The van der Waals surface area contributed by atoms with Crippen molar-refractivity contribution in [3.8, 4) is 0 Å². The van der Waals surface area contributed by atoms with Gasteiger partial charge >= 0.3 is 0 Å². The highest BCUT2D eigenvalue weighted by atomic mass is 16.5. The van der Waals surface area contributed by atoms with Gasteiger partial charge < -0.3 is 20.5 Å². The van der Waals surface area contributed by atoms with Crippen LogP contribution in [0.25, 0.3) is 0 Å². The molecule has 1 saturated heterocycles. The fourth-order valence-corrected chi connectivity index (χ4v) is 2.69. The highest BCUT2D eigenvalue weighted by molar-refractivity contribution is 5.60. The van der Waals surface area contributed by atoms with Crippen molar-refractivity contribution in [2.75, 3.05) is 37.0 Å². The number of nitrogens with zero attached hydrogens (tertiary/aromatic N) is 2. The number of aliphatic hydroxyl groups excluding tert-OH is 1. The maximum Gasteiger partial charge on any atom is 0.135 e. The number of rotatable bonds is 6. The molecule has 6 heteroatoms. The zero-order valence-corrected chi connectivity index (χ0v) is 13.1. The molecule has 3 N–H and O–H groups in total. The minimum absolute atomic E-state index is 0.0778. The second-order valence-corrected chi connectivity index (χ2v) is 5.85.